The Balaban J connectivity index is 2.12. The van der Waals surface area contributed by atoms with E-state index in [1.165, 1.54) is 6.07 Å². The van der Waals surface area contributed by atoms with Crippen molar-refractivity contribution in [1.29, 1.82) is 0 Å². The lowest BCUT2D eigenvalue weighted by molar-refractivity contribution is 0.0927. The van der Waals surface area contributed by atoms with E-state index in [1.807, 2.05) is 24.1 Å². The number of phenols is 1. The fourth-order valence-electron chi connectivity index (χ4n) is 2.49. The van der Waals surface area contributed by atoms with Crippen molar-refractivity contribution in [2.45, 2.75) is 6.17 Å². The van der Waals surface area contributed by atoms with Gasteiger partial charge in [0, 0.05) is 17.6 Å². The highest BCUT2D eigenvalue weighted by molar-refractivity contribution is 6.35. The highest BCUT2D eigenvalue weighted by Gasteiger charge is 2.31. The summed E-state index contributed by atoms with van der Waals surface area (Å²) in [5, 5.41) is 13.6. The molecule has 6 heteroatoms. The van der Waals surface area contributed by atoms with Gasteiger partial charge in [-0.15, -0.1) is 0 Å². The Labute approximate surface area is 131 Å². The Morgan fingerprint density at radius 1 is 1.24 bits per heavy atom. The summed E-state index contributed by atoms with van der Waals surface area (Å²) < 4.78 is 0. The molecule has 0 aliphatic carbocycles. The standard InChI is InChI=1S/C15H12Cl2N2O2/c1-19-12-5-3-2-4-9(12)15(21)18-14(19)10-6-8(16)7-11(17)13(10)20/h2-7,14,20H,1H3,(H,18,21). The third-order valence-corrected chi connectivity index (χ3v) is 4.04. The lowest BCUT2D eigenvalue weighted by atomic mass is 10.0. The highest BCUT2D eigenvalue weighted by atomic mass is 35.5. The van der Waals surface area contributed by atoms with Crippen LogP contribution in [-0.4, -0.2) is 18.1 Å². The molecule has 1 heterocycles. The Morgan fingerprint density at radius 3 is 2.71 bits per heavy atom. The van der Waals surface area contributed by atoms with Crippen LogP contribution in [0.15, 0.2) is 36.4 Å². The van der Waals surface area contributed by atoms with Crippen LogP contribution in [0, 0.1) is 0 Å². The fourth-order valence-corrected chi connectivity index (χ4v) is 3.00. The lowest BCUT2D eigenvalue weighted by Crippen LogP contribution is -2.44. The van der Waals surface area contributed by atoms with Gasteiger partial charge >= 0.3 is 0 Å². The van der Waals surface area contributed by atoms with Gasteiger partial charge in [0.1, 0.15) is 11.9 Å². The Bertz CT molecular complexity index is 734. The van der Waals surface area contributed by atoms with Crippen LogP contribution >= 0.6 is 23.2 Å². The normalized spacial score (nSPS) is 17.4. The average Bonchev–Trinajstić information content (AvgIpc) is 2.47. The molecule has 4 nitrogen and oxygen atoms in total. The van der Waals surface area contributed by atoms with Crippen LogP contribution in [0.25, 0.3) is 0 Å². The Hall–Kier alpha value is -1.91. The summed E-state index contributed by atoms with van der Waals surface area (Å²) in [7, 11) is 1.83. The van der Waals surface area contributed by atoms with Crippen LogP contribution < -0.4 is 10.2 Å². The molecular weight excluding hydrogens is 311 g/mol. The largest absolute Gasteiger partial charge is 0.506 e. The molecule has 1 amide bonds. The molecule has 2 aromatic carbocycles. The molecule has 0 radical (unpaired) electrons. The number of halogens is 2. The number of nitrogens with one attached hydrogen (secondary N) is 1. The molecule has 1 unspecified atom stereocenters. The van der Waals surface area contributed by atoms with E-state index in [2.05, 4.69) is 5.32 Å². The molecule has 1 aliphatic rings. The number of carbonyl (C=O) groups is 1. The second kappa shape index (κ2) is 5.13. The van der Waals surface area contributed by atoms with Gasteiger partial charge in [-0.05, 0) is 24.3 Å². The van der Waals surface area contributed by atoms with Gasteiger partial charge < -0.3 is 15.3 Å². The summed E-state index contributed by atoms with van der Waals surface area (Å²) in [6.45, 7) is 0. The van der Waals surface area contributed by atoms with Gasteiger partial charge in [-0.25, -0.2) is 0 Å². The molecule has 21 heavy (non-hydrogen) atoms. The molecule has 2 N–H and O–H groups in total. The predicted molar refractivity (Wildman–Crippen MR) is 83.2 cm³/mol. The number of benzene rings is 2. The zero-order chi connectivity index (χ0) is 15.1. The van der Waals surface area contributed by atoms with Gasteiger partial charge in [-0.1, -0.05) is 35.3 Å². The minimum Gasteiger partial charge on any atom is -0.506 e. The minimum atomic E-state index is -0.538. The summed E-state index contributed by atoms with van der Waals surface area (Å²) in [6.07, 6.45) is -0.538. The van der Waals surface area contributed by atoms with Crippen LogP contribution in [-0.2, 0) is 0 Å². The van der Waals surface area contributed by atoms with E-state index in [9.17, 15) is 9.90 Å². The van der Waals surface area contributed by atoms with Gasteiger partial charge in [-0.3, -0.25) is 4.79 Å². The second-order valence-corrected chi connectivity index (χ2v) is 5.67. The van der Waals surface area contributed by atoms with Gasteiger partial charge in [-0.2, -0.15) is 0 Å². The number of amides is 1. The van der Waals surface area contributed by atoms with Gasteiger partial charge in [0.05, 0.1) is 16.3 Å². The molecule has 0 aromatic heterocycles. The molecule has 0 saturated carbocycles. The van der Waals surface area contributed by atoms with Crippen LogP contribution in [0.1, 0.15) is 22.1 Å². The number of anilines is 1. The first-order valence-corrected chi connectivity index (χ1v) is 7.05. The van der Waals surface area contributed by atoms with Crippen molar-refractivity contribution in [3.05, 3.63) is 57.6 Å². The first-order chi connectivity index (χ1) is 9.99. The SMILES string of the molecule is CN1c2ccccc2C(=O)NC1c1cc(Cl)cc(Cl)c1O. The summed E-state index contributed by atoms with van der Waals surface area (Å²) in [6, 6.07) is 10.3. The molecule has 1 aliphatic heterocycles. The number of para-hydroxylation sites is 1. The van der Waals surface area contributed by atoms with Gasteiger partial charge in [0.25, 0.3) is 5.91 Å². The van der Waals surface area contributed by atoms with Crippen molar-refractivity contribution >= 4 is 34.8 Å². The van der Waals surface area contributed by atoms with E-state index in [4.69, 9.17) is 23.2 Å². The minimum absolute atomic E-state index is 0.0856. The van der Waals surface area contributed by atoms with Crippen LogP contribution in [0.5, 0.6) is 5.75 Å². The molecule has 0 spiro atoms. The monoisotopic (exact) mass is 322 g/mol. The van der Waals surface area contributed by atoms with Crippen molar-refractivity contribution in [2.75, 3.05) is 11.9 Å². The topological polar surface area (TPSA) is 52.6 Å². The van der Waals surface area contributed by atoms with E-state index in [0.717, 1.165) is 5.69 Å². The van der Waals surface area contributed by atoms with Crippen molar-refractivity contribution in [3.8, 4) is 5.75 Å². The van der Waals surface area contributed by atoms with Gasteiger partial charge in [0.15, 0.2) is 0 Å². The molecule has 3 rings (SSSR count). The van der Waals surface area contributed by atoms with Crippen molar-refractivity contribution in [3.63, 3.8) is 0 Å². The molecule has 0 fully saturated rings. The number of carbonyl (C=O) groups excluding carboxylic acids is 1. The number of fused-ring (bicyclic) bond motifs is 1. The number of nitrogens with zero attached hydrogens (tertiary/aromatic N) is 1. The first-order valence-electron chi connectivity index (χ1n) is 6.29. The number of hydrogen-bond acceptors (Lipinski definition) is 3. The summed E-state index contributed by atoms with van der Waals surface area (Å²) in [5.74, 6) is -0.290. The van der Waals surface area contributed by atoms with Crippen molar-refractivity contribution < 1.29 is 9.90 Å². The van der Waals surface area contributed by atoms with E-state index in [-0.39, 0.29) is 16.7 Å². The molecule has 2 aromatic rings. The smallest absolute Gasteiger partial charge is 0.255 e. The lowest BCUT2D eigenvalue weighted by Gasteiger charge is -2.36. The predicted octanol–water partition coefficient (Wildman–Crippen LogP) is 3.58. The Morgan fingerprint density at radius 2 is 1.95 bits per heavy atom. The van der Waals surface area contributed by atoms with Crippen LogP contribution in [0.2, 0.25) is 10.0 Å². The quantitative estimate of drug-likeness (QED) is 0.843. The Kier molecular flexibility index (Phi) is 3.43. The van der Waals surface area contributed by atoms with E-state index in [0.29, 0.717) is 16.1 Å². The highest BCUT2D eigenvalue weighted by Crippen LogP contribution is 2.39. The van der Waals surface area contributed by atoms with E-state index >= 15 is 0 Å². The van der Waals surface area contributed by atoms with Crippen molar-refractivity contribution in [2.24, 2.45) is 0 Å². The van der Waals surface area contributed by atoms with Crippen LogP contribution in [0.3, 0.4) is 0 Å². The summed E-state index contributed by atoms with van der Waals surface area (Å²) in [4.78, 5) is 14.1. The molecule has 1 atom stereocenters. The maximum Gasteiger partial charge on any atom is 0.255 e. The van der Waals surface area contributed by atoms with Gasteiger partial charge in [0.2, 0.25) is 0 Å². The number of aromatic hydroxyl groups is 1. The third-order valence-electron chi connectivity index (χ3n) is 3.54. The maximum absolute atomic E-state index is 12.2. The van der Waals surface area contributed by atoms with E-state index in [1.54, 1.807) is 18.2 Å². The maximum atomic E-state index is 12.2. The zero-order valence-electron chi connectivity index (χ0n) is 11.1. The molecule has 0 bridgehead atoms. The molecule has 108 valence electrons. The number of hydrogen-bond donors (Lipinski definition) is 2. The van der Waals surface area contributed by atoms with Crippen LogP contribution in [0.4, 0.5) is 5.69 Å². The molecule has 0 saturated heterocycles. The number of phenolic OH excluding ortho intramolecular Hbond substituents is 1. The second-order valence-electron chi connectivity index (χ2n) is 4.83. The molecular formula is C15H12Cl2N2O2. The zero-order valence-corrected chi connectivity index (χ0v) is 12.6. The number of rotatable bonds is 1. The third kappa shape index (κ3) is 2.30. The summed E-state index contributed by atoms with van der Waals surface area (Å²) >= 11 is 12.0. The first kappa shape index (κ1) is 14.0. The average molecular weight is 323 g/mol. The van der Waals surface area contributed by atoms with E-state index < -0.39 is 6.17 Å². The summed E-state index contributed by atoms with van der Waals surface area (Å²) in [5.41, 5.74) is 1.82. The fraction of sp³-hybridized carbons (Fsp3) is 0.133. The van der Waals surface area contributed by atoms with Crippen molar-refractivity contribution in [1.82, 2.24) is 5.32 Å².